The molecule has 31 heavy (non-hydrogen) atoms. The Bertz CT molecular complexity index is 1330. The lowest BCUT2D eigenvalue weighted by atomic mass is 9.94. The molecule has 0 aromatic heterocycles. The first-order valence-electron chi connectivity index (χ1n) is 9.78. The second-order valence-corrected chi connectivity index (χ2v) is 11.3. The van der Waals surface area contributed by atoms with Gasteiger partial charge in [0.1, 0.15) is 5.76 Å². The van der Waals surface area contributed by atoms with Crippen molar-refractivity contribution in [1.29, 1.82) is 0 Å². The molecule has 152 valence electrons. The maximum Gasteiger partial charge on any atom is 0.307 e. The van der Waals surface area contributed by atoms with Crippen LogP contribution in [0.4, 0.5) is 0 Å². The molecule has 1 heterocycles. The fraction of sp³-hybridized carbons (Fsp3) is 0. The molecule has 0 radical (unpaired) electrons. The number of benzene rings is 4. The van der Waals surface area contributed by atoms with Crippen molar-refractivity contribution < 1.29 is 9.09 Å². The number of hydrogen-bond acceptors (Lipinski definition) is 2. The molecule has 1 unspecified atom stereocenters. The largest absolute Gasteiger partial charge is 0.436 e. The van der Waals surface area contributed by atoms with Crippen LogP contribution < -0.4 is 10.6 Å². The summed E-state index contributed by atoms with van der Waals surface area (Å²) >= 11 is 7.03. The first-order valence-corrected chi connectivity index (χ1v) is 13.0. The minimum Gasteiger partial charge on any atom is -0.436 e. The van der Waals surface area contributed by atoms with E-state index in [9.17, 15) is 4.57 Å². The molecule has 0 fully saturated rings. The highest BCUT2D eigenvalue weighted by Gasteiger charge is 2.39. The van der Waals surface area contributed by atoms with Crippen LogP contribution >= 0.6 is 39.2 Å². The van der Waals surface area contributed by atoms with Gasteiger partial charge in [-0.15, -0.1) is 0 Å². The summed E-state index contributed by atoms with van der Waals surface area (Å²) in [4.78, 5) is 0. The zero-order chi connectivity index (χ0) is 21.4. The van der Waals surface area contributed by atoms with Gasteiger partial charge in [0.25, 0.3) is 0 Å². The molecule has 2 nitrogen and oxygen atoms in total. The van der Waals surface area contributed by atoms with Crippen molar-refractivity contribution in [3.63, 3.8) is 0 Å². The van der Waals surface area contributed by atoms with Gasteiger partial charge in [0.15, 0.2) is 0 Å². The Labute approximate surface area is 198 Å². The summed E-state index contributed by atoms with van der Waals surface area (Å²) in [5.74, 6) is 0.626. The van der Waals surface area contributed by atoms with Crippen LogP contribution in [0.2, 0.25) is 0 Å². The van der Waals surface area contributed by atoms with E-state index in [0.29, 0.717) is 11.1 Å². The van der Waals surface area contributed by atoms with Crippen molar-refractivity contribution in [3.05, 3.63) is 129 Å². The molecule has 1 aliphatic rings. The van der Waals surface area contributed by atoms with Gasteiger partial charge in [-0.25, -0.2) is 0 Å². The lowest BCUT2D eigenvalue weighted by Gasteiger charge is -2.31. The van der Waals surface area contributed by atoms with Gasteiger partial charge in [0, 0.05) is 25.6 Å². The fourth-order valence-corrected chi connectivity index (χ4v) is 6.62. The minimum atomic E-state index is -3.34. The summed E-state index contributed by atoms with van der Waals surface area (Å²) in [6, 6.07) is 33.4. The van der Waals surface area contributed by atoms with Crippen LogP contribution in [0.15, 0.2) is 112 Å². The van der Waals surface area contributed by atoms with Crippen LogP contribution in [0.3, 0.4) is 0 Å². The average Bonchev–Trinajstić information content (AvgIpc) is 2.81. The third-order valence-electron chi connectivity index (χ3n) is 5.27. The maximum absolute atomic E-state index is 14.5. The Morgan fingerprint density at radius 3 is 1.81 bits per heavy atom. The van der Waals surface area contributed by atoms with Crippen molar-refractivity contribution in [2.24, 2.45) is 0 Å². The number of halogens is 2. The third kappa shape index (κ3) is 3.74. The van der Waals surface area contributed by atoms with Gasteiger partial charge in [0.2, 0.25) is 0 Å². The molecular formula is C26H17Br2O2P. The van der Waals surface area contributed by atoms with E-state index >= 15 is 0 Å². The molecule has 4 aromatic carbocycles. The van der Waals surface area contributed by atoms with Crippen molar-refractivity contribution in [3.8, 4) is 0 Å². The second kappa shape index (κ2) is 8.27. The van der Waals surface area contributed by atoms with E-state index < -0.39 is 7.37 Å². The van der Waals surface area contributed by atoms with Crippen molar-refractivity contribution in [1.82, 2.24) is 0 Å². The number of rotatable bonds is 3. The lowest BCUT2D eigenvalue weighted by molar-refractivity contribution is 0.480. The Morgan fingerprint density at radius 2 is 1.16 bits per heavy atom. The Morgan fingerprint density at radius 1 is 0.613 bits per heavy atom. The fourth-order valence-electron chi connectivity index (χ4n) is 3.80. The Kier molecular flexibility index (Phi) is 5.47. The van der Waals surface area contributed by atoms with E-state index in [1.807, 2.05) is 91.0 Å². The monoisotopic (exact) mass is 550 g/mol. The average molecular weight is 552 g/mol. The summed E-state index contributed by atoms with van der Waals surface area (Å²) < 4.78 is 23.0. The van der Waals surface area contributed by atoms with Crippen LogP contribution in [0.5, 0.6) is 0 Å². The highest BCUT2D eigenvalue weighted by molar-refractivity contribution is 9.10. The summed E-state index contributed by atoms with van der Waals surface area (Å²) in [5.41, 5.74) is 3.76. The van der Waals surface area contributed by atoms with E-state index in [1.54, 1.807) is 0 Å². The Hall–Kier alpha value is -2.39. The van der Waals surface area contributed by atoms with Crippen LogP contribution in [0, 0.1) is 0 Å². The summed E-state index contributed by atoms with van der Waals surface area (Å²) in [6.07, 6.45) is 0. The molecular weight excluding hydrogens is 535 g/mol. The summed E-state index contributed by atoms with van der Waals surface area (Å²) in [7, 11) is -3.34. The van der Waals surface area contributed by atoms with E-state index in [0.717, 1.165) is 36.5 Å². The predicted octanol–water partition coefficient (Wildman–Crippen LogP) is 7.39. The lowest BCUT2D eigenvalue weighted by Crippen LogP contribution is -2.25. The van der Waals surface area contributed by atoms with Gasteiger partial charge >= 0.3 is 7.37 Å². The zero-order valence-corrected chi connectivity index (χ0v) is 20.4. The Balaban J connectivity index is 1.84. The maximum atomic E-state index is 14.5. The van der Waals surface area contributed by atoms with E-state index in [4.69, 9.17) is 4.52 Å². The highest BCUT2D eigenvalue weighted by Crippen LogP contribution is 2.56. The highest BCUT2D eigenvalue weighted by atomic mass is 79.9. The number of hydrogen-bond donors (Lipinski definition) is 0. The normalized spacial score (nSPS) is 17.7. The van der Waals surface area contributed by atoms with Gasteiger partial charge in [0.05, 0.1) is 10.6 Å². The second-order valence-electron chi connectivity index (χ2n) is 7.21. The van der Waals surface area contributed by atoms with E-state index in [-0.39, 0.29) is 0 Å². The van der Waals surface area contributed by atoms with Gasteiger partial charge in [-0.2, -0.15) is 0 Å². The van der Waals surface area contributed by atoms with Crippen molar-refractivity contribution in [2.75, 3.05) is 0 Å². The number of fused-ring (bicyclic) bond motifs is 1. The van der Waals surface area contributed by atoms with Crippen LogP contribution in [-0.2, 0) is 9.09 Å². The van der Waals surface area contributed by atoms with Gasteiger partial charge in [-0.05, 0) is 48.0 Å². The van der Waals surface area contributed by atoms with Crippen LogP contribution in [0.25, 0.3) is 11.3 Å². The van der Waals surface area contributed by atoms with E-state index in [2.05, 4.69) is 44.0 Å². The summed E-state index contributed by atoms with van der Waals surface area (Å²) in [6.45, 7) is 0. The van der Waals surface area contributed by atoms with Crippen LogP contribution in [0.1, 0.15) is 16.7 Å². The molecule has 1 atom stereocenters. The van der Waals surface area contributed by atoms with Gasteiger partial charge < -0.3 is 4.52 Å². The quantitative estimate of drug-likeness (QED) is 0.248. The molecule has 0 bridgehead atoms. The van der Waals surface area contributed by atoms with Gasteiger partial charge in [-0.3, -0.25) is 4.57 Å². The standard InChI is InChI=1S/C26H17Br2O2P/c27-20-14-10-18(11-15-20)25-23-8-4-5-9-24(23)31(29,22-6-2-1-3-7-22)30-26(25)19-12-16-21(28)17-13-19/h1-17H. The first kappa shape index (κ1) is 20.5. The predicted molar refractivity (Wildman–Crippen MR) is 135 cm³/mol. The summed E-state index contributed by atoms with van der Waals surface area (Å²) in [5, 5.41) is 1.41. The molecule has 0 saturated carbocycles. The van der Waals surface area contributed by atoms with Crippen molar-refractivity contribution >= 4 is 61.2 Å². The third-order valence-corrected chi connectivity index (χ3v) is 8.77. The zero-order valence-electron chi connectivity index (χ0n) is 16.3. The molecule has 0 N–H and O–H groups in total. The molecule has 1 aliphatic heterocycles. The molecule has 5 heteroatoms. The molecule has 0 spiro atoms. The molecule has 0 aliphatic carbocycles. The SMILES string of the molecule is O=P1(c2ccccc2)OC(c2ccc(Br)cc2)=C(c2ccc(Br)cc2)c2ccccc21. The van der Waals surface area contributed by atoms with Crippen LogP contribution in [-0.4, -0.2) is 0 Å². The first-order chi connectivity index (χ1) is 15.1. The smallest absolute Gasteiger partial charge is 0.307 e. The van der Waals surface area contributed by atoms with E-state index in [1.165, 1.54) is 0 Å². The molecule has 5 rings (SSSR count). The molecule has 4 aromatic rings. The van der Waals surface area contributed by atoms with Gasteiger partial charge in [-0.1, -0.05) is 92.5 Å². The minimum absolute atomic E-state index is 0.626. The molecule has 0 saturated heterocycles. The topological polar surface area (TPSA) is 26.3 Å². The van der Waals surface area contributed by atoms with Crippen molar-refractivity contribution in [2.45, 2.75) is 0 Å². The molecule has 0 amide bonds.